The third-order valence-corrected chi connectivity index (χ3v) is 4.60. The highest BCUT2D eigenvalue weighted by atomic mass is 16.8. The normalized spacial score (nSPS) is 37.5. The lowest BCUT2D eigenvalue weighted by molar-refractivity contribution is -0.202. The van der Waals surface area contributed by atoms with Crippen molar-refractivity contribution in [3.05, 3.63) is 11.6 Å². The summed E-state index contributed by atoms with van der Waals surface area (Å²) < 4.78 is 16.8. The summed E-state index contributed by atoms with van der Waals surface area (Å²) in [4.78, 5) is 11.8. The predicted molar refractivity (Wildman–Crippen MR) is 74.1 cm³/mol. The average Bonchev–Trinajstić information content (AvgIpc) is 2.85. The Balaban J connectivity index is 1.91. The van der Waals surface area contributed by atoms with Crippen LogP contribution < -0.4 is 0 Å². The molecule has 0 unspecified atom stereocenters. The van der Waals surface area contributed by atoms with Crippen LogP contribution in [-0.4, -0.2) is 41.8 Å². The summed E-state index contributed by atoms with van der Waals surface area (Å²) in [7, 11) is 1.30. The number of terminal acetylenes is 1. The van der Waals surface area contributed by atoms with Gasteiger partial charge in [-0.2, -0.15) is 0 Å². The molecule has 1 saturated carbocycles. The molecule has 0 aromatic heterocycles. The van der Waals surface area contributed by atoms with Gasteiger partial charge >= 0.3 is 5.97 Å². The molecule has 0 bridgehead atoms. The molecule has 1 heterocycles. The van der Waals surface area contributed by atoms with E-state index in [-0.39, 0.29) is 6.42 Å². The minimum atomic E-state index is -1.54. The quantitative estimate of drug-likeness (QED) is 0.583. The number of hydrogen-bond donors (Lipinski definition) is 1. The second-order valence-corrected chi connectivity index (χ2v) is 6.02. The maximum absolute atomic E-state index is 11.8. The summed E-state index contributed by atoms with van der Waals surface area (Å²) >= 11 is 0. The molecule has 1 spiro atoms. The molecule has 3 aliphatic rings. The zero-order valence-electron chi connectivity index (χ0n) is 12.1. The van der Waals surface area contributed by atoms with Crippen LogP contribution in [0.25, 0.3) is 0 Å². The summed E-state index contributed by atoms with van der Waals surface area (Å²) in [6, 6.07) is 0. The van der Waals surface area contributed by atoms with Crippen molar-refractivity contribution in [2.24, 2.45) is 0 Å². The Hall–Kier alpha value is -1.35. The highest BCUT2D eigenvalue weighted by molar-refractivity contribution is 5.89. The topological polar surface area (TPSA) is 65.0 Å². The molecule has 3 atom stereocenters. The Labute approximate surface area is 124 Å². The van der Waals surface area contributed by atoms with Crippen molar-refractivity contribution in [2.75, 3.05) is 7.11 Å². The van der Waals surface area contributed by atoms with E-state index in [0.717, 1.165) is 32.1 Å². The zero-order valence-corrected chi connectivity index (χ0v) is 12.1. The molecule has 1 aliphatic heterocycles. The Morgan fingerprint density at radius 1 is 1.43 bits per heavy atom. The van der Waals surface area contributed by atoms with Crippen LogP contribution in [0, 0.1) is 12.3 Å². The minimum absolute atomic E-state index is 0.0246. The van der Waals surface area contributed by atoms with Gasteiger partial charge in [0.1, 0.15) is 12.2 Å². The van der Waals surface area contributed by atoms with Gasteiger partial charge in [-0.3, -0.25) is 0 Å². The lowest BCUT2D eigenvalue weighted by Gasteiger charge is -2.35. The molecular formula is C16H20O5. The number of rotatable bonds is 1. The summed E-state index contributed by atoms with van der Waals surface area (Å²) in [5.41, 5.74) is -1.19. The number of carbonyl (C=O) groups is 1. The first-order valence-electron chi connectivity index (χ1n) is 7.37. The van der Waals surface area contributed by atoms with Crippen LogP contribution >= 0.6 is 0 Å². The number of esters is 1. The van der Waals surface area contributed by atoms with E-state index in [2.05, 4.69) is 5.92 Å². The fourth-order valence-electron chi connectivity index (χ4n) is 3.51. The average molecular weight is 292 g/mol. The lowest BCUT2D eigenvalue weighted by atomic mass is 9.81. The van der Waals surface area contributed by atoms with Crippen LogP contribution in [0.1, 0.15) is 38.5 Å². The molecular weight excluding hydrogens is 272 g/mol. The van der Waals surface area contributed by atoms with Gasteiger partial charge in [0.2, 0.25) is 0 Å². The van der Waals surface area contributed by atoms with Crippen molar-refractivity contribution in [3.8, 4) is 12.3 Å². The van der Waals surface area contributed by atoms with E-state index in [4.69, 9.17) is 20.6 Å². The first-order valence-corrected chi connectivity index (χ1v) is 7.37. The number of hydrogen-bond acceptors (Lipinski definition) is 5. The molecule has 114 valence electrons. The molecule has 0 aromatic carbocycles. The Morgan fingerprint density at radius 3 is 2.76 bits per heavy atom. The van der Waals surface area contributed by atoms with Crippen molar-refractivity contribution in [2.45, 2.75) is 62.1 Å². The van der Waals surface area contributed by atoms with Gasteiger partial charge in [-0.1, -0.05) is 12.3 Å². The van der Waals surface area contributed by atoms with Gasteiger partial charge in [-0.05, 0) is 18.9 Å². The first kappa shape index (κ1) is 14.6. The van der Waals surface area contributed by atoms with Crippen molar-refractivity contribution in [3.63, 3.8) is 0 Å². The van der Waals surface area contributed by atoms with E-state index in [1.54, 1.807) is 6.08 Å². The van der Waals surface area contributed by atoms with Crippen LogP contribution in [0.15, 0.2) is 11.6 Å². The SMILES string of the molecule is C#C[C@@]1(O)CC(C(=O)OC)=C[C@@H]2OC3(CCCCC3)O[C@@H]21. The highest BCUT2D eigenvalue weighted by Crippen LogP contribution is 2.46. The van der Waals surface area contributed by atoms with Gasteiger partial charge in [0, 0.05) is 24.8 Å². The Kier molecular flexibility index (Phi) is 3.56. The van der Waals surface area contributed by atoms with Crippen LogP contribution in [0.4, 0.5) is 0 Å². The van der Waals surface area contributed by atoms with Crippen molar-refractivity contribution in [1.29, 1.82) is 0 Å². The van der Waals surface area contributed by atoms with Gasteiger partial charge in [-0.15, -0.1) is 6.42 Å². The van der Waals surface area contributed by atoms with Crippen molar-refractivity contribution < 1.29 is 24.1 Å². The maximum atomic E-state index is 11.8. The number of carbonyl (C=O) groups excluding carboxylic acids is 1. The van der Waals surface area contributed by atoms with Crippen LogP contribution in [0.3, 0.4) is 0 Å². The van der Waals surface area contributed by atoms with Crippen molar-refractivity contribution in [1.82, 2.24) is 0 Å². The van der Waals surface area contributed by atoms with E-state index in [1.807, 2.05) is 0 Å². The molecule has 1 N–H and O–H groups in total. The standard InChI is InChI=1S/C16H20O5/c1-3-15(18)10-11(14(17)19-2)9-12-13(15)21-16(20-12)7-5-4-6-8-16/h1,9,12-13,18H,4-8,10H2,2H3/t12-,13-,15+/m0/s1. The molecule has 0 radical (unpaired) electrons. The van der Waals surface area contributed by atoms with Crippen LogP contribution in [-0.2, 0) is 19.0 Å². The molecule has 3 rings (SSSR count). The molecule has 2 fully saturated rings. The number of fused-ring (bicyclic) bond motifs is 1. The third kappa shape index (κ3) is 2.38. The minimum Gasteiger partial charge on any atom is -0.466 e. The zero-order chi connectivity index (χ0) is 15.1. The highest BCUT2D eigenvalue weighted by Gasteiger charge is 2.57. The van der Waals surface area contributed by atoms with E-state index < -0.39 is 29.6 Å². The summed E-state index contributed by atoms with van der Waals surface area (Å²) in [6.07, 6.45) is 10.9. The second-order valence-electron chi connectivity index (χ2n) is 6.02. The molecule has 2 aliphatic carbocycles. The molecule has 5 heteroatoms. The maximum Gasteiger partial charge on any atom is 0.333 e. The van der Waals surface area contributed by atoms with Gasteiger partial charge in [0.05, 0.1) is 7.11 Å². The van der Waals surface area contributed by atoms with Gasteiger partial charge in [0.25, 0.3) is 0 Å². The fourth-order valence-corrected chi connectivity index (χ4v) is 3.51. The predicted octanol–water partition coefficient (Wildman–Crippen LogP) is 1.30. The van der Waals surface area contributed by atoms with Gasteiger partial charge in [-0.25, -0.2) is 4.79 Å². The first-order chi connectivity index (χ1) is 10.0. The fraction of sp³-hybridized carbons (Fsp3) is 0.688. The van der Waals surface area contributed by atoms with Crippen LogP contribution in [0.2, 0.25) is 0 Å². The van der Waals surface area contributed by atoms with E-state index >= 15 is 0 Å². The van der Waals surface area contributed by atoms with Gasteiger partial charge in [0.15, 0.2) is 11.4 Å². The van der Waals surface area contributed by atoms with Crippen LogP contribution in [0.5, 0.6) is 0 Å². The second kappa shape index (κ2) is 5.13. The molecule has 1 saturated heterocycles. The summed E-state index contributed by atoms with van der Waals surface area (Å²) in [5.74, 6) is 1.23. The summed E-state index contributed by atoms with van der Waals surface area (Å²) in [6.45, 7) is 0. The van der Waals surface area contributed by atoms with E-state index in [9.17, 15) is 9.90 Å². The Morgan fingerprint density at radius 2 is 2.14 bits per heavy atom. The van der Waals surface area contributed by atoms with E-state index in [1.165, 1.54) is 7.11 Å². The monoisotopic (exact) mass is 292 g/mol. The molecule has 21 heavy (non-hydrogen) atoms. The van der Waals surface area contributed by atoms with E-state index in [0.29, 0.717) is 5.57 Å². The Bertz CT molecular complexity index is 511. The number of aliphatic hydroxyl groups is 1. The number of methoxy groups -OCH3 is 1. The lowest BCUT2D eigenvalue weighted by Crippen LogP contribution is -2.50. The molecule has 0 aromatic rings. The number of ether oxygens (including phenoxy) is 3. The largest absolute Gasteiger partial charge is 0.466 e. The molecule has 5 nitrogen and oxygen atoms in total. The van der Waals surface area contributed by atoms with Gasteiger partial charge < -0.3 is 19.3 Å². The summed E-state index contributed by atoms with van der Waals surface area (Å²) in [5, 5.41) is 10.7. The third-order valence-electron chi connectivity index (χ3n) is 4.60. The molecule has 0 amide bonds. The van der Waals surface area contributed by atoms with Crippen molar-refractivity contribution >= 4 is 5.97 Å². The smallest absolute Gasteiger partial charge is 0.333 e.